The number of fused-ring (bicyclic) bond motifs is 6. The maximum atomic E-state index is 2.44. The lowest BCUT2D eigenvalue weighted by atomic mass is 9.96. The molecule has 0 atom stereocenters. The molecule has 2 heterocycles. The van der Waals surface area contributed by atoms with Gasteiger partial charge in [0.05, 0.1) is 16.6 Å². The standard InChI is InChI=1S/C72H48N2/c1-3-11-49(12-4-1)51-19-23-55(24-20-51)58-35-41-63(42-36-58)73(64-43-37-59(38-44-64)56-25-21-52(22-26-56)50-13-5-2-6-14-50)65-45-39-60(40-46-65)57-29-27-53(28-30-57)54-31-33-61(34-32-54)62-47-68-66-15-7-9-17-70(66)74-71-18-10-8-16-67(71)69(48-62)72(68)74/h1-48H. The highest BCUT2D eigenvalue weighted by Crippen LogP contribution is 2.43. The van der Waals surface area contributed by atoms with Crippen LogP contribution in [0.1, 0.15) is 0 Å². The molecule has 0 aliphatic carbocycles. The van der Waals surface area contributed by atoms with Crippen LogP contribution in [-0.4, -0.2) is 4.40 Å². The van der Waals surface area contributed by atoms with Crippen LogP contribution in [0.3, 0.4) is 0 Å². The Morgan fingerprint density at radius 2 is 0.419 bits per heavy atom. The number of benzene rings is 12. The highest BCUT2D eigenvalue weighted by Gasteiger charge is 2.19. The van der Waals surface area contributed by atoms with Crippen molar-refractivity contribution < 1.29 is 0 Å². The summed E-state index contributed by atoms with van der Waals surface area (Å²) in [5.74, 6) is 0. The Hall–Kier alpha value is -9.76. The van der Waals surface area contributed by atoms with Crippen LogP contribution in [0.2, 0.25) is 0 Å². The second-order valence-electron chi connectivity index (χ2n) is 19.3. The zero-order valence-corrected chi connectivity index (χ0v) is 40.6. The molecule has 74 heavy (non-hydrogen) atoms. The third-order valence-corrected chi connectivity index (χ3v) is 15.0. The molecule has 0 bridgehead atoms. The molecule has 0 fully saturated rings. The van der Waals surface area contributed by atoms with Gasteiger partial charge in [0.15, 0.2) is 0 Å². The van der Waals surface area contributed by atoms with Crippen LogP contribution < -0.4 is 4.90 Å². The van der Waals surface area contributed by atoms with Crippen LogP contribution >= 0.6 is 0 Å². The Labute approximate surface area is 431 Å². The van der Waals surface area contributed by atoms with Gasteiger partial charge in [0.1, 0.15) is 0 Å². The predicted octanol–water partition coefficient (Wildman–Crippen LogP) is 20.0. The van der Waals surface area contributed by atoms with Crippen LogP contribution in [0.25, 0.3) is 116 Å². The molecule has 2 heteroatoms. The fourth-order valence-electron chi connectivity index (χ4n) is 11.2. The summed E-state index contributed by atoms with van der Waals surface area (Å²) < 4.78 is 2.44. The lowest BCUT2D eigenvalue weighted by Gasteiger charge is -2.26. The van der Waals surface area contributed by atoms with E-state index in [1.807, 2.05) is 0 Å². The van der Waals surface area contributed by atoms with Crippen molar-refractivity contribution in [3.63, 3.8) is 0 Å². The normalized spacial score (nSPS) is 11.5. The Kier molecular flexibility index (Phi) is 10.6. The number of hydrogen-bond acceptors (Lipinski definition) is 1. The highest BCUT2D eigenvalue weighted by atomic mass is 15.1. The molecule has 0 aliphatic rings. The molecule has 14 rings (SSSR count). The summed E-state index contributed by atoms with van der Waals surface area (Å²) in [6, 6.07) is 106. The van der Waals surface area contributed by atoms with E-state index in [4.69, 9.17) is 0 Å². The predicted molar refractivity (Wildman–Crippen MR) is 314 cm³/mol. The summed E-state index contributed by atoms with van der Waals surface area (Å²) in [6.07, 6.45) is 0. The average Bonchev–Trinajstić information content (AvgIpc) is 4.06. The molecular formula is C72H48N2. The minimum Gasteiger partial charge on any atom is -0.311 e. The van der Waals surface area contributed by atoms with Crippen molar-refractivity contribution in [3.05, 3.63) is 291 Å². The van der Waals surface area contributed by atoms with Crippen molar-refractivity contribution in [2.45, 2.75) is 0 Å². The van der Waals surface area contributed by atoms with Gasteiger partial charge in [-0.15, -0.1) is 0 Å². The van der Waals surface area contributed by atoms with Gasteiger partial charge >= 0.3 is 0 Å². The number of anilines is 3. The van der Waals surface area contributed by atoms with Crippen LogP contribution in [0.15, 0.2) is 291 Å². The van der Waals surface area contributed by atoms with Gasteiger partial charge in [-0.2, -0.15) is 0 Å². The van der Waals surface area contributed by atoms with Crippen LogP contribution in [0, 0.1) is 0 Å². The first-order chi connectivity index (χ1) is 36.7. The Morgan fingerprint density at radius 1 is 0.189 bits per heavy atom. The minimum atomic E-state index is 1.09. The number of hydrogen-bond donors (Lipinski definition) is 0. The summed E-state index contributed by atoms with van der Waals surface area (Å²) in [7, 11) is 0. The van der Waals surface area contributed by atoms with Crippen molar-refractivity contribution in [1.82, 2.24) is 4.40 Å². The molecule has 14 aromatic rings. The lowest BCUT2D eigenvalue weighted by Crippen LogP contribution is -2.09. The van der Waals surface area contributed by atoms with E-state index in [0.29, 0.717) is 0 Å². The molecule has 0 saturated heterocycles. The highest BCUT2D eigenvalue weighted by molar-refractivity contribution is 6.24. The van der Waals surface area contributed by atoms with E-state index in [0.717, 1.165) is 17.1 Å². The molecule has 12 aromatic carbocycles. The topological polar surface area (TPSA) is 7.65 Å². The van der Waals surface area contributed by atoms with E-state index in [2.05, 4.69) is 300 Å². The molecular weight excluding hydrogens is 893 g/mol. The van der Waals surface area contributed by atoms with E-state index < -0.39 is 0 Å². The smallest absolute Gasteiger partial charge is 0.0620 e. The van der Waals surface area contributed by atoms with E-state index in [1.165, 1.54) is 116 Å². The monoisotopic (exact) mass is 940 g/mol. The van der Waals surface area contributed by atoms with Gasteiger partial charge in [-0.1, -0.05) is 231 Å². The summed E-state index contributed by atoms with van der Waals surface area (Å²) in [5, 5.41) is 5.19. The van der Waals surface area contributed by atoms with E-state index in [9.17, 15) is 0 Å². The van der Waals surface area contributed by atoms with E-state index in [-0.39, 0.29) is 0 Å². The molecule has 0 N–H and O–H groups in total. The van der Waals surface area contributed by atoms with Crippen LogP contribution in [-0.2, 0) is 0 Å². The quantitative estimate of drug-likeness (QED) is 0.133. The van der Waals surface area contributed by atoms with Gasteiger partial charge in [0.25, 0.3) is 0 Å². The van der Waals surface area contributed by atoms with Gasteiger partial charge in [0.2, 0.25) is 0 Å². The maximum absolute atomic E-state index is 2.44. The minimum absolute atomic E-state index is 1.09. The van der Waals surface area contributed by atoms with Gasteiger partial charge in [-0.3, -0.25) is 0 Å². The van der Waals surface area contributed by atoms with Crippen molar-refractivity contribution >= 4 is 55.2 Å². The second-order valence-corrected chi connectivity index (χ2v) is 19.3. The molecule has 0 saturated carbocycles. The first kappa shape index (κ1) is 43.1. The lowest BCUT2D eigenvalue weighted by molar-refractivity contribution is 1.28. The molecule has 2 aromatic heterocycles. The molecule has 0 spiro atoms. The van der Waals surface area contributed by atoms with Crippen molar-refractivity contribution in [1.29, 1.82) is 0 Å². The van der Waals surface area contributed by atoms with Gasteiger partial charge in [-0.25, -0.2) is 0 Å². The van der Waals surface area contributed by atoms with Gasteiger partial charge in [-0.05, 0) is 139 Å². The summed E-state index contributed by atoms with van der Waals surface area (Å²) >= 11 is 0. The molecule has 2 nitrogen and oxygen atoms in total. The SMILES string of the molecule is c1ccc(-c2ccc(-c3ccc(N(c4ccc(-c5ccc(-c6ccccc6)cc5)cc4)c4ccc(-c5ccc(-c6ccc(-c7cc8c9ccccc9n9c%10ccccc%10c(c7)c89)cc6)cc5)cc4)cc3)cc2)cc1. The second kappa shape index (κ2) is 18.1. The third kappa shape index (κ3) is 7.69. The zero-order chi connectivity index (χ0) is 49.0. The Morgan fingerprint density at radius 3 is 0.716 bits per heavy atom. The number of rotatable bonds is 10. The largest absolute Gasteiger partial charge is 0.311 e. The number of nitrogens with zero attached hydrogens (tertiary/aromatic N) is 2. The van der Waals surface area contributed by atoms with Gasteiger partial charge in [0, 0.05) is 38.6 Å². The van der Waals surface area contributed by atoms with Crippen LogP contribution in [0.5, 0.6) is 0 Å². The molecule has 0 aliphatic heterocycles. The third-order valence-electron chi connectivity index (χ3n) is 15.0. The maximum Gasteiger partial charge on any atom is 0.0620 e. The van der Waals surface area contributed by atoms with E-state index >= 15 is 0 Å². The number of aromatic nitrogens is 1. The molecule has 346 valence electrons. The molecule has 0 radical (unpaired) electrons. The Balaban J connectivity index is 0.739. The van der Waals surface area contributed by atoms with Gasteiger partial charge < -0.3 is 9.30 Å². The fraction of sp³-hybridized carbons (Fsp3) is 0. The molecule has 0 amide bonds. The summed E-state index contributed by atoms with van der Waals surface area (Å²) in [6.45, 7) is 0. The average molecular weight is 941 g/mol. The van der Waals surface area contributed by atoms with Crippen LogP contribution in [0.4, 0.5) is 17.1 Å². The summed E-state index contributed by atoms with van der Waals surface area (Å²) in [5.41, 5.74) is 23.9. The fourth-order valence-corrected chi connectivity index (χ4v) is 11.2. The zero-order valence-electron chi connectivity index (χ0n) is 40.6. The van der Waals surface area contributed by atoms with Crippen molar-refractivity contribution in [2.24, 2.45) is 0 Å². The Bertz CT molecular complexity index is 4040. The van der Waals surface area contributed by atoms with Crippen molar-refractivity contribution in [2.75, 3.05) is 4.90 Å². The first-order valence-corrected chi connectivity index (χ1v) is 25.5. The van der Waals surface area contributed by atoms with E-state index in [1.54, 1.807) is 0 Å². The summed E-state index contributed by atoms with van der Waals surface area (Å²) in [4.78, 5) is 2.35. The number of para-hydroxylation sites is 2. The first-order valence-electron chi connectivity index (χ1n) is 25.5. The van der Waals surface area contributed by atoms with Crippen molar-refractivity contribution in [3.8, 4) is 77.9 Å². The molecule has 0 unspecified atom stereocenters.